The molecular formula is C15H12F5NO4. The van der Waals surface area contributed by atoms with Crippen molar-refractivity contribution in [3.63, 3.8) is 0 Å². The summed E-state index contributed by atoms with van der Waals surface area (Å²) >= 11 is 0. The number of esters is 2. The van der Waals surface area contributed by atoms with E-state index in [1.165, 1.54) is 19.9 Å². The van der Waals surface area contributed by atoms with Crippen LogP contribution in [0.4, 0.5) is 27.6 Å². The first-order valence-electron chi connectivity index (χ1n) is 6.82. The number of anilines is 1. The Bertz CT molecular complexity index is 718. The highest BCUT2D eigenvalue weighted by Gasteiger charge is 2.58. The van der Waals surface area contributed by atoms with E-state index < -0.39 is 41.0 Å². The maximum Gasteiger partial charge on any atom is 0.458 e. The van der Waals surface area contributed by atoms with Crippen molar-refractivity contribution >= 4 is 17.6 Å². The van der Waals surface area contributed by atoms with E-state index in [2.05, 4.69) is 5.32 Å². The lowest BCUT2D eigenvalue weighted by Gasteiger charge is -2.29. The monoisotopic (exact) mass is 365 g/mol. The normalized spacial score (nSPS) is 17.6. The highest BCUT2D eigenvalue weighted by Crippen LogP contribution is 2.44. The molecule has 0 saturated carbocycles. The summed E-state index contributed by atoms with van der Waals surface area (Å²) in [4.78, 5) is 23.4. The van der Waals surface area contributed by atoms with Crippen LogP contribution in [0.3, 0.4) is 0 Å². The fraction of sp³-hybridized carbons (Fsp3) is 0.333. The fourth-order valence-electron chi connectivity index (χ4n) is 1.90. The molecule has 25 heavy (non-hydrogen) atoms. The van der Waals surface area contributed by atoms with Crippen LogP contribution in [-0.2, 0) is 25.0 Å². The van der Waals surface area contributed by atoms with Crippen molar-refractivity contribution in [1.29, 1.82) is 0 Å². The Labute approximate surface area is 138 Å². The van der Waals surface area contributed by atoms with E-state index in [4.69, 9.17) is 9.47 Å². The summed E-state index contributed by atoms with van der Waals surface area (Å²) in [7, 11) is 0. The molecule has 0 spiro atoms. The van der Waals surface area contributed by atoms with Gasteiger partial charge in [0.05, 0.1) is 0 Å². The van der Waals surface area contributed by atoms with Crippen LogP contribution in [0.1, 0.15) is 19.4 Å². The molecule has 1 saturated heterocycles. The first-order valence-corrected chi connectivity index (χ1v) is 6.82. The molecular weight excluding hydrogens is 353 g/mol. The van der Waals surface area contributed by atoms with E-state index in [0.29, 0.717) is 12.1 Å². The van der Waals surface area contributed by atoms with Gasteiger partial charge in [0.15, 0.2) is 5.57 Å². The Balaban J connectivity index is 2.24. The highest BCUT2D eigenvalue weighted by atomic mass is 19.4. The van der Waals surface area contributed by atoms with Crippen LogP contribution in [0.5, 0.6) is 0 Å². The lowest BCUT2D eigenvalue weighted by Crippen LogP contribution is -2.42. The number of carbonyl (C=O) groups is 2. The fourth-order valence-corrected chi connectivity index (χ4v) is 1.90. The number of alkyl halides is 5. The van der Waals surface area contributed by atoms with Crippen LogP contribution in [-0.4, -0.2) is 23.9 Å². The van der Waals surface area contributed by atoms with E-state index in [9.17, 15) is 31.5 Å². The minimum absolute atomic E-state index is 0.195. The van der Waals surface area contributed by atoms with Crippen LogP contribution in [0, 0.1) is 0 Å². The number of benzene rings is 1. The Kier molecular flexibility index (Phi) is 4.49. The molecule has 1 heterocycles. The smallest absolute Gasteiger partial charge is 0.419 e. The molecule has 1 aromatic rings. The SMILES string of the molecule is CC1(C)OC(=O)C(=CNc2cccc(C(F)(F)C(F)(F)F)c2)C(=O)O1. The zero-order chi connectivity index (χ0) is 19.0. The van der Waals surface area contributed by atoms with Gasteiger partial charge in [0.1, 0.15) is 0 Å². The molecule has 0 amide bonds. The van der Waals surface area contributed by atoms with Crippen molar-refractivity contribution in [3.05, 3.63) is 41.6 Å². The predicted octanol–water partition coefficient (Wildman–Crippen LogP) is 3.47. The van der Waals surface area contributed by atoms with E-state index >= 15 is 0 Å². The van der Waals surface area contributed by atoms with Crippen molar-refractivity contribution < 1.29 is 41.0 Å². The summed E-state index contributed by atoms with van der Waals surface area (Å²) in [5, 5.41) is 2.30. The molecule has 2 rings (SSSR count). The molecule has 136 valence electrons. The molecule has 0 radical (unpaired) electrons. The molecule has 0 aliphatic carbocycles. The van der Waals surface area contributed by atoms with E-state index in [1.54, 1.807) is 0 Å². The van der Waals surface area contributed by atoms with Crippen molar-refractivity contribution in [3.8, 4) is 0 Å². The van der Waals surface area contributed by atoms with Crippen LogP contribution in [0.25, 0.3) is 0 Å². The Morgan fingerprint density at radius 2 is 1.60 bits per heavy atom. The quantitative estimate of drug-likeness (QED) is 0.385. The number of halogens is 5. The Hall–Kier alpha value is -2.65. The number of cyclic esters (lactones) is 2. The minimum Gasteiger partial charge on any atom is -0.419 e. The number of hydrogen-bond donors (Lipinski definition) is 1. The molecule has 1 aliphatic heterocycles. The van der Waals surface area contributed by atoms with Gasteiger partial charge in [-0.1, -0.05) is 12.1 Å². The molecule has 0 atom stereocenters. The van der Waals surface area contributed by atoms with Gasteiger partial charge in [-0.05, 0) is 12.1 Å². The van der Waals surface area contributed by atoms with Crippen molar-refractivity contribution in [2.45, 2.75) is 31.7 Å². The first-order chi connectivity index (χ1) is 11.3. The Morgan fingerprint density at radius 3 is 2.12 bits per heavy atom. The molecule has 0 unspecified atom stereocenters. The third-order valence-corrected chi connectivity index (χ3v) is 3.08. The molecule has 0 aromatic heterocycles. The lowest BCUT2D eigenvalue weighted by atomic mass is 10.1. The van der Waals surface area contributed by atoms with Gasteiger partial charge in [-0.15, -0.1) is 0 Å². The molecule has 0 bridgehead atoms. The van der Waals surface area contributed by atoms with E-state index in [1.807, 2.05) is 0 Å². The summed E-state index contributed by atoms with van der Waals surface area (Å²) in [6.07, 6.45) is -4.95. The summed E-state index contributed by atoms with van der Waals surface area (Å²) in [5.74, 6) is -8.55. The second-order valence-corrected chi connectivity index (χ2v) is 5.53. The molecule has 1 aliphatic rings. The van der Waals surface area contributed by atoms with E-state index in [0.717, 1.165) is 12.3 Å². The zero-order valence-electron chi connectivity index (χ0n) is 12.9. The highest BCUT2D eigenvalue weighted by molar-refractivity contribution is 6.15. The van der Waals surface area contributed by atoms with Gasteiger partial charge in [0.2, 0.25) is 0 Å². The van der Waals surface area contributed by atoms with Crippen LogP contribution in [0.2, 0.25) is 0 Å². The van der Waals surface area contributed by atoms with Gasteiger partial charge in [-0.2, -0.15) is 22.0 Å². The summed E-state index contributed by atoms with van der Waals surface area (Å²) < 4.78 is 73.5. The summed E-state index contributed by atoms with van der Waals surface area (Å²) in [6.45, 7) is 2.66. The second-order valence-electron chi connectivity index (χ2n) is 5.53. The lowest BCUT2D eigenvalue weighted by molar-refractivity contribution is -0.289. The average molecular weight is 365 g/mol. The summed E-state index contributed by atoms with van der Waals surface area (Å²) in [6, 6.07) is 3.30. The van der Waals surface area contributed by atoms with Gasteiger partial charge in [0, 0.05) is 31.3 Å². The first kappa shape index (κ1) is 18.7. The average Bonchev–Trinajstić information content (AvgIpc) is 2.44. The van der Waals surface area contributed by atoms with Gasteiger partial charge >= 0.3 is 24.0 Å². The number of hydrogen-bond acceptors (Lipinski definition) is 5. The maximum atomic E-state index is 13.3. The predicted molar refractivity (Wildman–Crippen MR) is 74.4 cm³/mol. The summed E-state index contributed by atoms with van der Waals surface area (Å²) in [5.41, 5.74) is -2.05. The molecule has 1 aromatic carbocycles. The second kappa shape index (κ2) is 6.01. The van der Waals surface area contributed by atoms with Crippen LogP contribution < -0.4 is 5.32 Å². The van der Waals surface area contributed by atoms with Crippen molar-refractivity contribution in [1.82, 2.24) is 0 Å². The van der Waals surface area contributed by atoms with E-state index in [-0.39, 0.29) is 5.69 Å². The third-order valence-electron chi connectivity index (χ3n) is 3.08. The van der Waals surface area contributed by atoms with Crippen LogP contribution >= 0.6 is 0 Å². The number of rotatable bonds is 3. The number of carbonyl (C=O) groups excluding carboxylic acids is 2. The molecule has 1 N–H and O–H groups in total. The van der Waals surface area contributed by atoms with Gasteiger partial charge < -0.3 is 14.8 Å². The van der Waals surface area contributed by atoms with Crippen molar-refractivity contribution in [2.75, 3.05) is 5.32 Å². The topological polar surface area (TPSA) is 64.6 Å². The molecule has 10 heteroatoms. The third kappa shape index (κ3) is 3.89. The number of nitrogens with one attached hydrogen (secondary N) is 1. The molecule has 1 fully saturated rings. The largest absolute Gasteiger partial charge is 0.458 e. The van der Waals surface area contributed by atoms with Gasteiger partial charge in [0.25, 0.3) is 5.79 Å². The molecule has 5 nitrogen and oxygen atoms in total. The van der Waals surface area contributed by atoms with Gasteiger partial charge in [-0.25, -0.2) is 9.59 Å². The Morgan fingerprint density at radius 1 is 1.04 bits per heavy atom. The maximum absolute atomic E-state index is 13.3. The zero-order valence-corrected chi connectivity index (χ0v) is 12.9. The number of ether oxygens (including phenoxy) is 2. The minimum atomic E-state index is -5.76. The van der Waals surface area contributed by atoms with Crippen molar-refractivity contribution in [2.24, 2.45) is 0 Å². The van der Waals surface area contributed by atoms with Crippen LogP contribution in [0.15, 0.2) is 36.0 Å². The van der Waals surface area contributed by atoms with Gasteiger partial charge in [-0.3, -0.25) is 0 Å². The standard InChI is InChI=1S/C15H12F5NO4/c1-13(2)24-11(22)10(12(23)25-13)7-21-9-5-3-4-8(6-9)14(16,17)15(18,19)20/h3-7,21H,1-2H3.